The first kappa shape index (κ1) is 18.1. The molecule has 0 aliphatic carbocycles. The smallest absolute Gasteiger partial charge is 0.261 e. The van der Waals surface area contributed by atoms with E-state index in [-0.39, 0.29) is 5.91 Å². The molecule has 0 aliphatic heterocycles. The fraction of sp³-hybridized carbons (Fsp3) is 0.316. The van der Waals surface area contributed by atoms with E-state index >= 15 is 0 Å². The van der Waals surface area contributed by atoms with Gasteiger partial charge in [-0.3, -0.25) is 4.79 Å². The van der Waals surface area contributed by atoms with Crippen LogP contribution >= 0.6 is 11.6 Å². The van der Waals surface area contributed by atoms with Crippen LogP contribution in [0.1, 0.15) is 25.8 Å². The highest BCUT2D eigenvalue weighted by Gasteiger charge is 2.19. The van der Waals surface area contributed by atoms with Crippen LogP contribution in [0.2, 0.25) is 5.02 Å². The molecule has 0 spiro atoms. The zero-order valence-electron chi connectivity index (χ0n) is 13.9. The van der Waals surface area contributed by atoms with Crippen LogP contribution in [0.4, 0.5) is 0 Å². The van der Waals surface area contributed by atoms with Crippen LogP contribution < -0.4 is 14.8 Å². The summed E-state index contributed by atoms with van der Waals surface area (Å²) in [5, 5.41) is 3.39. The molecule has 0 unspecified atom stereocenters. The SMILES string of the molecule is CCOc1ccccc1CNC(=O)[C@@H](CC)Oc1ccccc1Cl. The lowest BCUT2D eigenvalue weighted by atomic mass is 10.2. The molecule has 0 fully saturated rings. The molecule has 0 heterocycles. The molecule has 0 aliphatic rings. The molecule has 2 rings (SSSR count). The van der Waals surface area contributed by atoms with E-state index in [4.69, 9.17) is 21.1 Å². The monoisotopic (exact) mass is 347 g/mol. The van der Waals surface area contributed by atoms with Gasteiger partial charge in [0, 0.05) is 12.1 Å². The van der Waals surface area contributed by atoms with Gasteiger partial charge in [0.2, 0.25) is 0 Å². The number of carbonyl (C=O) groups is 1. The number of hydrogen-bond donors (Lipinski definition) is 1. The lowest BCUT2D eigenvalue weighted by molar-refractivity contribution is -0.128. The van der Waals surface area contributed by atoms with Crippen molar-refractivity contribution in [3.8, 4) is 11.5 Å². The molecule has 1 amide bonds. The number of benzene rings is 2. The number of carbonyl (C=O) groups excluding carboxylic acids is 1. The molecule has 2 aromatic rings. The van der Waals surface area contributed by atoms with Crippen molar-refractivity contribution >= 4 is 17.5 Å². The van der Waals surface area contributed by atoms with Crippen molar-refractivity contribution in [1.82, 2.24) is 5.32 Å². The van der Waals surface area contributed by atoms with Crippen molar-refractivity contribution in [1.29, 1.82) is 0 Å². The van der Waals surface area contributed by atoms with E-state index in [1.54, 1.807) is 12.1 Å². The topological polar surface area (TPSA) is 47.6 Å². The van der Waals surface area contributed by atoms with Gasteiger partial charge in [-0.2, -0.15) is 0 Å². The van der Waals surface area contributed by atoms with Crippen molar-refractivity contribution in [3.05, 3.63) is 59.1 Å². The van der Waals surface area contributed by atoms with E-state index in [9.17, 15) is 4.79 Å². The molecule has 1 atom stereocenters. The summed E-state index contributed by atoms with van der Waals surface area (Å²) < 4.78 is 11.3. The third-order valence-electron chi connectivity index (χ3n) is 3.49. The minimum Gasteiger partial charge on any atom is -0.494 e. The molecule has 0 bridgehead atoms. The van der Waals surface area contributed by atoms with Crippen molar-refractivity contribution in [2.24, 2.45) is 0 Å². The second kappa shape index (κ2) is 9.18. The highest BCUT2D eigenvalue weighted by molar-refractivity contribution is 6.32. The van der Waals surface area contributed by atoms with E-state index in [0.717, 1.165) is 11.3 Å². The van der Waals surface area contributed by atoms with Crippen molar-refractivity contribution in [2.75, 3.05) is 6.61 Å². The Morgan fingerprint density at radius 2 is 1.75 bits per heavy atom. The molecule has 5 heteroatoms. The Morgan fingerprint density at radius 3 is 2.42 bits per heavy atom. The summed E-state index contributed by atoms with van der Waals surface area (Å²) in [7, 11) is 0. The molecule has 0 saturated heterocycles. The largest absolute Gasteiger partial charge is 0.494 e. The maximum Gasteiger partial charge on any atom is 0.261 e. The van der Waals surface area contributed by atoms with E-state index in [2.05, 4.69) is 5.32 Å². The van der Waals surface area contributed by atoms with Crippen LogP contribution in [-0.2, 0) is 11.3 Å². The van der Waals surface area contributed by atoms with Gasteiger partial charge < -0.3 is 14.8 Å². The first-order valence-electron chi connectivity index (χ1n) is 8.05. The van der Waals surface area contributed by atoms with Gasteiger partial charge in [-0.05, 0) is 31.5 Å². The maximum absolute atomic E-state index is 12.4. The molecule has 0 saturated carbocycles. The van der Waals surface area contributed by atoms with E-state index in [1.165, 1.54) is 0 Å². The van der Waals surface area contributed by atoms with E-state index in [1.807, 2.05) is 50.2 Å². The first-order valence-corrected chi connectivity index (χ1v) is 8.43. The Labute approximate surface area is 147 Å². The Hall–Kier alpha value is -2.20. The van der Waals surface area contributed by atoms with Crippen LogP contribution in [0, 0.1) is 0 Å². The molecule has 0 radical (unpaired) electrons. The predicted molar refractivity (Wildman–Crippen MR) is 95.6 cm³/mol. The quantitative estimate of drug-likeness (QED) is 0.778. The van der Waals surface area contributed by atoms with Gasteiger partial charge in [-0.1, -0.05) is 48.9 Å². The summed E-state index contributed by atoms with van der Waals surface area (Å²) in [6.45, 7) is 4.80. The third-order valence-corrected chi connectivity index (χ3v) is 3.81. The number of hydrogen-bond acceptors (Lipinski definition) is 3. The van der Waals surface area contributed by atoms with Crippen LogP contribution in [0.5, 0.6) is 11.5 Å². The van der Waals surface area contributed by atoms with Crippen molar-refractivity contribution in [3.63, 3.8) is 0 Å². The molecule has 2 aromatic carbocycles. The van der Waals surface area contributed by atoms with Gasteiger partial charge in [-0.25, -0.2) is 0 Å². The lowest BCUT2D eigenvalue weighted by Gasteiger charge is -2.18. The van der Waals surface area contributed by atoms with Gasteiger partial charge in [0.25, 0.3) is 5.91 Å². The zero-order valence-corrected chi connectivity index (χ0v) is 14.7. The van der Waals surface area contributed by atoms with E-state index in [0.29, 0.717) is 30.3 Å². The normalized spacial score (nSPS) is 11.6. The van der Waals surface area contributed by atoms with Crippen molar-refractivity contribution in [2.45, 2.75) is 32.9 Å². The van der Waals surface area contributed by atoms with Gasteiger partial charge in [0.05, 0.1) is 11.6 Å². The van der Waals surface area contributed by atoms with Crippen molar-refractivity contribution < 1.29 is 14.3 Å². The summed E-state index contributed by atoms with van der Waals surface area (Å²) in [5.74, 6) is 1.11. The fourth-order valence-corrected chi connectivity index (χ4v) is 2.44. The highest BCUT2D eigenvalue weighted by atomic mass is 35.5. The number of amides is 1. The Bertz CT molecular complexity index is 675. The molecular weight excluding hydrogens is 326 g/mol. The highest BCUT2D eigenvalue weighted by Crippen LogP contribution is 2.25. The maximum atomic E-state index is 12.4. The minimum absolute atomic E-state index is 0.177. The minimum atomic E-state index is -0.593. The molecule has 4 nitrogen and oxygen atoms in total. The average molecular weight is 348 g/mol. The van der Waals surface area contributed by atoms with Gasteiger partial charge >= 0.3 is 0 Å². The second-order valence-electron chi connectivity index (χ2n) is 5.20. The number of para-hydroxylation sites is 2. The Balaban J connectivity index is 1.99. The molecule has 128 valence electrons. The summed E-state index contributed by atoms with van der Waals surface area (Å²) in [6, 6.07) is 14.8. The fourth-order valence-electron chi connectivity index (χ4n) is 2.26. The molecule has 24 heavy (non-hydrogen) atoms. The van der Waals surface area contributed by atoms with Crippen LogP contribution in [0.25, 0.3) is 0 Å². The van der Waals surface area contributed by atoms with Gasteiger partial charge in [0.15, 0.2) is 6.10 Å². The summed E-state index contributed by atoms with van der Waals surface area (Å²) in [4.78, 5) is 12.4. The first-order chi connectivity index (χ1) is 11.7. The van der Waals surface area contributed by atoms with Crippen LogP contribution in [0.3, 0.4) is 0 Å². The lowest BCUT2D eigenvalue weighted by Crippen LogP contribution is -2.37. The predicted octanol–water partition coefficient (Wildman–Crippen LogP) is 4.21. The number of ether oxygens (including phenoxy) is 2. The van der Waals surface area contributed by atoms with Crippen LogP contribution in [-0.4, -0.2) is 18.6 Å². The van der Waals surface area contributed by atoms with E-state index < -0.39 is 6.10 Å². The summed E-state index contributed by atoms with van der Waals surface area (Å²) >= 11 is 6.09. The van der Waals surface area contributed by atoms with Gasteiger partial charge in [0.1, 0.15) is 11.5 Å². The third kappa shape index (κ3) is 4.90. The number of nitrogens with one attached hydrogen (secondary N) is 1. The molecular formula is C19H22ClNO3. The Kier molecular flexibility index (Phi) is 6.94. The average Bonchev–Trinajstić information content (AvgIpc) is 2.60. The molecule has 1 N–H and O–H groups in total. The molecule has 0 aromatic heterocycles. The second-order valence-corrected chi connectivity index (χ2v) is 5.61. The summed E-state index contributed by atoms with van der Waals surface area (Å²) in [6.07, 6.45) is -0.0476. The van der Waals surface area contributed by atoms with Gasteiger partial charge in [-0.15, -0.1) is 0 Å². The summed E-state index contributed by atoms with van der Waals surface area (Å²) in [5.41, 5.74) is 0.931. The number of halogens is 1. The standard InChI is InChI=1S/C19H22ClNO3/c1-3-16(24-18-12-8-6-10-15(18)20)19(22)21-13-14-9-5-7-11-17(14)23-4-2/h5-12,16H,3-4,13H2,1-2H3,(H,21,22)/t16-/m1/s1. The Morgan fingerprint density at radius 1 is 1.08 bits per heavy atom. The van der Waals surface area contributed by atoms with Crippen LogP contribution in [0.15, 0.2) is 48.5 Å². The number of rotatable bonds is 8. The zero-order chi connectivity index (χ0) is 17.4.